The molecule has 28 heavy (non-hydrogen) atoms. The van der Waals surface area contributed by atoms with E-state index in [1.54, 1.807) is 6.92 Å². The molecule has 3 atom stereocenters. The first-order valence-electron chi connectivity index (χ1n) is 9.85. The van der Waals surface area contributed by atoms with Gasteiger partial charge >= 0.3 is 0 Å². The summed E-state index contributed by atoms with van der Waals surface area (Å²) in [5, 5.41) is 12.4. The standard InChI is InChI=1S/C23H24F2N2O/c1-14-3-6-20-17(9-14)22-15-7-8-26(11-15)12-21(22)27(20)13-23(2,28)18-5-4-16(24)10-19(18)25/h3-6,9-10,15,28H,7-8,11-13H2,1-2H3. The number of hydrogen-bond acceptors (Lipinski definition) is 2. The summed E-state index contributed by atoms with van der Waals surface area (Å²) < 4.78 is 29.9. The zero-order chi connectivity index (χ0) is 19.6. The number of aromatic nitrogens is 1. The van der Waals surface area contributed by atoms with Crippen LogP contribution in [0.3, 0.4) is 0 Å². The first-order valence-corrected chi connectivity index (χ1v) is 9.85. The van der Waals surface area contributed by atoms with Crippen LogP contribution in [-0.4, -0.2) is 27.7 Å². The van der Waals surface area contributed by atoms with Crippen molar-refractivity contribution in [2.24, 2.45) is 0 Å². The molecule has 3 aromatic rings. The number of hydrogen-bond donors (Lipinski definition) is 1. The van der Waals surface area contributed by atoms with Crippen molar-refractivity contribution in [1.82, 2.24) is 9.47 Å². The second kappa shape index (κ2) is 6.13. The predicted molar refractivity (Wildman–Crippen MR) is 105 cm³/mol. The van der Waals surface area contributed by atoms with Gasteiger partial charge in [-0.2, -0.15) is 0 Å². The van der Waals surface area contributed by atoms with Gasteiger partial charge in [0.2, 0.25) is 0 Å². The van der Waals surface area contributed by atoms with Crippen LogP contribution in [0.5, 0.6) is 0 Å². The van der Waals surface area contributed by atoms with Crippen molar-refractivity contribution in [1.29, 1.82) is 0 Å². The quantitative estimate of drug-likeness (QED) is 0.726. The third kappa shape index (κ3) is 2.68. The number of rotatable bonds is 3. The van der Waals surface area contributed by atoms with Crippen LogP contribution < -0.4 is 0 Å². The van der Waals surface area contributed by atoms with Gasteiger partial charge in [0, 0.05) is 47.2 Å². The molecular weight excluding hydrogens is 358 g/mol. The van der Waals surface area contributed by atoms with E-state index in [0.29, 0.717) is 5.92 Å². The Hall–Kier alpha value is -2.24. The van der Waals surface area contributed by atoms with Crippen molar-refractivity contribution in [3.8, 4) is 0 Å². The Balaban J connectivity index is 1.66. The first-order chi connectivity index (χ1) is 13.3. The SMILES string of the molecule is Cc1ccc2c(c1)c1c(n2CC(C)(O)c2ccc(F)cc2F)CN2CCC1C2. The zero-order valence-electron chi connectivity index (χ0n) is 16.2. The molecule has 5 rings (SSSR count). The van der Waals surface area contributed by atoms with Crippen molar-refractivity contribution in [2.45, 2.75) is 44.9 Å². The Bertz CT molecular complexity index is 1090. The molecule has 0 spiro atoms. The molecule has 1 aromatic heterocycles. The normalized spacial score (nSPS) is 23.0. The minimum atomic E-state index is -1.45. The maximum atomic E-state index is 14.4. The van der Waals surface area contributed by atoms with E-state index in [4.69, 9.17) is 0 Å². The minimum absolute atomic E-state index is 0.121. The van der Waals surface area contributed by atoms with E-state index < -0.39 is 17.2 Å². The highest BCUT2D eigenvalue weighted by Crippen LogP contribution is 2.43. The molecule has 3 unspecified atom stereocenters. The minimum Gasteiger partial charge on any atom is -0.383 e. The fraction of sp³-hybridized carbons (Fsp3) is 0.391. The van der Waals surface area contributed by atoms with Gasteiger partial charge in [0.15, 0.2) is 0 Å². The molecule has 0 aliphatic carbocycles. The molecule has 0 radical (unpaired) electrons. The van der Waals surface area contributed by atoms with Crippen molar-refractivity contribution in [3.05, 3.63) is 70.4 Å². The van der Waals surface area contributed by atoms with Crippen LogP contribution in [-0.2, 0) is 18.7 Å². The molecule has 1 saturated heterocycles. The van der Waals surface area contributed by atoms with Gasteiger partial charge in [0.05, 0.1) is 6.54 Å². The van der Waals surface area contributed by atoms with E-state index in [1.807, 2.05) is 0 Å². The summed E-state index contributed by atoms with van der Waals surface area (Å²) in [5.41, 5.74) is 3.57. The summed E-state index contributed by atoms with van der Waals surface area (Å²) in [6, 6.07) is 9.79. The second-order valence-corrected chi connectivity index (χ2v) is 8.59. The highest BCUT2D eigenvalue weighted by molar-refractivity contribution is 5.87. The van der Waals surface area contributed by atoms with Gasteiger partial charge in [0.25, 0.3) is 0 Å². The average Bonchev–Trinajstić information content (AvgIpc) is 3.14. The predicted octanol–water partition coefficient (Wildman–Crippen LogP) is 4.44. The van der Waals surface area contributed by atoms with E-state index in [0.717, 1.165) is 37.6 Å². The highest BCUT2D eigenvalue weighted by atomic mass is 19.1. The van der Waals surface area contributed by atoms with Gasteiger partial charge in [-0.1, -0.05) is 17.7 Å². The lowest BCUT2D eigenvalue weighted by Gasteiger charge is -2.29. The van der Waals surface area contributed by atoms with Crippen molar-refractivity contribution >= 4 is 10.9 Å². The van der Waals surface area contributed by atoms with E-state index in [-0.39, 0.29) is 12.1 Å². The van der Waals surface area contributed by atoms with Crippen LogP contribution in [0.1, 0.15) is 41.6 Å². The molecule has 2 aliphatic rings. The molecule has 3 nitrogen and oxygen atoms in total. The lowest BCUT2D eigenvalue weighted by Crippen LogP contribution is -2.32. The molecule has 146 valence electrons. The Morgan fingerprint density at radius 3 is 2.79 bits per heavy atom. The fourth-order valence-corrected chi connectivity index (χ4v) is 5.10. The van der Waals surface area contributed by atoms with Crippen molar-refractivity contribution in [2.75, 3.05) is 13.1 Å². The molecule has 2 bridgehead atoms. The molecular formula is C23H24F2N2O. The van der Waals surface area contributed by atoms with Crippen LogP contribution in [0, 0.1) is 18.6 Å². The fourth-order valence-electron chi connectivity index (χ4n) is 5.10. The third-order valence-corrected chi connectivity index (χ3v) is 6.40. The third-order valence-electron chi connectivity index (χ3n) is 6.40. The van der Waals surface area contributed by atoms with E-state index in [1.165, 1.54) is 34.3 Å². The Kier molecular flexibility index (Phi) is 3.90. The van der Waals surface area contributed by atoms with E-state index in [2.05, 4.69) is 34.6 Å². The lowest BCUT2D eigenvalue weighted by molar-refractivity contribution is 0.0345. The number of fused-ring (bicyclic) bond motifs is 6. The van der Waals surface area contributed by atoms with Crippen LogP contribution in [0.4, 0.5) is 8.78 Å². The van der Waals surface area contributed by atoms with Crippen LogP contribution in [0.2, 0.25) is 0 Å². The number of nitrogens with zero attached hydrogens (tertiary/aromatic N) is 2. The first kappa shape index (κ1) is 17.8. The average molecular weight is 382 g/mol. The summed E-state index contributed by atoms with van der Waals surface area (Å²) in [6.45, 7) is 6.95. The summed E-state index contributed by atoms with van der Waals surface area (Å²) in [7, 11) is 0. The van der Waals surface area contributed by atoms with Gasteiger partial charge in [0.1, 0.15) is 17.2 Å². The lowest BCUT2D eigenvalue weighted by atomic mass is 9.93. The highest BCUT2D eigenvalue weighted by Gasteiger charge is 2.37. The topological polar surface area (TPSA) is 28.4 Å². The second-order valence-electron chi connectivity index (χ2n) is 8.59. The summed E-state index contributed by atoms with van der Waals surface area (Å²) in [4.78, 5) is 2.45. The number of benzene rings is 2. The molecule has 5 heteroatoms. The number of aliphatic hydroxyl groups is 1. The van der Waals surface area contributed by atoms with Crippen molar-refractivity contribution in [3.63, 3.8) is 0 Å². The van der Waals surface area contributed by atoms with Crippen LogP contribution in [0.15, 0.2) is 36.4 Å². The van der Waals surface area contributed by atoms with Gasteiger partial charge in [-0.05, 0) is 50.6 Å². The molecule has 0 saturated carbocycles. The van der Waals surface area contributed by atoms with E-state index in [9.17, 15) is 13.9 Å². The summed E-state index contributed by atoms with van der Waals surface area (Å²) in [5.74, 6) is -0.836. The maximum absolute atomic E-state index is 14.4. The molecule has 1 N–H and O–H groups in total. The summed E-state index contributed by atoms with van der Waals surface area (Å²) >= 11 is 0. The molecule has 1 fully saturated rings. The zero-order valence-corrected chi connectivity index (χ0v) is 16.2. The Morgan fingerprint density at radius 1 is 1.18 bits per heavy atom. The molecule has 2 aliphatic heterocycles. The molecule has 0 amide bonds. The monoisotopic (exact) mass is 382 g/mol. The Labute approximate surface area is 163 Å². The number of halogens is 2. The van der Waals surface area contributed by atoms with Crippen molar-refractivity contribution < 1.29 is 13.9 Å². The smallest absolute Gasteiger partial charge is 0.132 e. The Morgan fingerprint density at radius 2 is 2.00 bits per heavy atom. The number of aryl methyl sites for hydroxylation is 1. The van der Waals surface area contributed by atoms with Crippen LogP contribution >= 0.6 is 0 Å². The maximum Gasteiger partial charge on any atom is 0.132 e. The van der Waals surface area contributed by atoms with E-state index >= 15 is 0 Å². The van der Waals surface area contributed by atoms with Gasteiger partial charge in [-0.25, -0.2) is 8.78 Å². The van der Waals surface area contributed by atoms with Gasteiger partial charge < -0.3 is 9.67 Å². The van der Waals surface area contributed by atoms with Crippen LogP contribution in [0.25, 0.3) is 10.9 Å². The summed E-state index contributed by atoms with van der Waals surface area (Å²) in [6.07, 6.45) is 1.16. The van der Waals surface area contributed by atoms with Gasteiger partial charge in [-0.3, -0.25) is 4.90 Å². The molecule has 2 aromatic carbocycles. The molecule has 3 heterocycles. The largest absolute Gasteiger partial charge is 0.383 e. The van der Waals surface area contributed by atoms with Gasteiger partial charge in [-0.15, -0.1) is 0 Å².